The van der Waals surface area contributed by atoms with E-state index in [1.807, 2.05) is 45.0 Å². The van der Waals surface area contributed by atoms with Crippen LogP contribution in [0.15, 0.2) is 52.2 Å². The highest BCUT2D eigenvalue weighted by Crippen LogP contribution is 2.23. The minimum absolute atomic E-state index is 0.225. The molecule has 0 aliphatic carbocycles. The lowest BCUT2D eigenvalue weighted by molar-refractivity contribution is 0.632. The van der Waals surface area contributed by atoms with Crippen molar-refractivity contribution in [2.45, 2.75) is 46.1 Å². The van der Waals surface area contributed by atoms with Gasteiger partial charge in [0.2, 0.25) is 5.95 Å². The van der Waals surface area contributed by atoms with Crippen LogP contribution in [0.4, 0.5) is 28.8 Å². The van der Waals surface area contributed by atoms with Gasteiger partial charge < -0.3 is 16.0 Å². The third-order valence-electron chi connectivity index (χ3n) is 4.25. The average molecular weight is 406 g/mol. The van der Waals surface area contributed by atoms with E-state index < -0.39 is 10.9 Å². The Hall–Kier alpha value is -3.48. The average Bonchev–Trinajstić information content (AvgIpc) is 2.71. The summed E-state index contributed by atoms with van der Waals surface area (Å²) < 4.78 is 0. The van der Waals surface area contributed by atoms with Gasteiger partial charge in [0.05, 0.1) is 0 Å². The second-order valence-electron chi connectivity index (χ2n) is 8.11. The van der Waals surface area contributed by atoms with E-state index in [0.717, 1.165) is 24.1 Å². The zero-order valence-electron chi connectivity index (χ0n) is 17.7. The largest absolute Gasteiger partial charge is 0.375 e. The molecule has 1 aromatic heterocycles. The van der Waals surface area contributed by atoms with Crippen molar-refractivity contribution < 1.29 is 0 Å². The SMILES string of the molecule is CCC/C=C/c1ccc(Nc2nccc(Nc3c(NC(C)(C)C)c(=O)c3=O)n2)cc1. The first kappa shape index (κ1) is 21.2. The number of nitrogens with one attached hydrogen (secondary N) is 3. The molecule has 0 aliphatic rings. The fourth-order valence-corrected chi connectivity index (χ4v) is 2.81. The molecule has 0 atom stereocenters. The molecule has 0 aliphatic heterocycles. The highest BCUT2D eigenvalue weighted by Gasteiger charge is 2.25. The Morgan fingerprint density at radius 3 is 2.33 bits per heavy atom. The normalized spacial score (nSPS) is 11.7. The van der Waals surface area contributed by atoms with E-state index in [1.165, 1.54) is 0 Å². The first-order valence-electron chi connectivity index (χ1n) is 10.0. The summed E-state index contributed by atoms with van der Waals surface area (Å²) in [6, 6.07) is 9.59. The molecule has 1 heterocycles. The molecule has 3 rings (SSSR count). The van der Waals surface area contributed by atoms with E-state index in [0.29, 0.717) is 11.8 Å². The summed E-state index contributed by atoms with van der Waals surface area (Å²) in [6.07, 6.45) is 8.03. The molecule has 0 saturated heterocycles. The highest BCUT2D eigenvalue weighted by atomic mass is 16.2. The van der Waals surface area contributed by atoms with Gasteiger partial charge >= 0.3 is 0 Å². The maximum Gasteiger partial charge on any atom is 0.253 e. The standard InChI is InChI=1S/C23H27N5O2/c1-5-6-7-8-15-9-11-16(12-10-15)25-22-24-14-13-17(27-22)26-18-19(21(30)20(18)29)28-23(2,3)4/h7-14,28H,5-6H2,1-4H3,(H2,24,25,26,27)/b8-7+. The lowest BCUT2D eigenvalue weighted by atomic mass is 10.1. The minimum Gasteiger partial charge on any atom is -0.375 e. The van der Waals surface area contributed by atoms with E-state index in [2.05, 4.69) is 45.0 Å². The van der Waals surface area contributed by atoms with Crippen LogP contribution in [0.25, 0.3) is 6.08 Å². The Bertz CT molecular complexity index is 1100. The van der Waals surface area contributed by atoms with Crippen LogP contribution in [-0.4, -0.2) is 15.5 Å². The third-order valence-corrected chi connectivity index (χ3v) is 4.25. The van der Waals surface area contributed by atoms with E-state index in [1.54, 1.807) is 12.3 Å². The number of hydrogen-bond acceptors (Lipinski definition) is 7. The van der Waals surface area contributed by atoms with E-state index in [-0.39, 0.29) is 16.9 Å². The van der Waals surface area contributed by atoms with Gasteiger partial charge in [0.25, 0.3) is 10.9 Å². The van der Waals surface area contributed by atoms with Gasteiger partial charge in [-0.05, 0) is 51.0 Å². The maximum atomic E-state index is 12.0. The summed E-state index contributed by atoms with van der Waals surface area (Å²) in [5.74, 6) is 0.814. The zero-order valence-corrected chi connectivity index (χ0v) is 17.7. The van der Waals surface area contributed by atoms with E-state index >= 15 is 0 Å². The quantitative estimate of drug-likeness (QED) is 0.472. The number of unbranched alkanes of at least 4 members (excludes halogenated alkanes) is 1. The second kappa shape index (κ2) is 8.90. The topological polar surface area (TPSA) is 96.0 Å². The summed E-state index contributed by atoms with van der Waals surface area (Å²) >= 11 is 0. The molecule has 0 saturated carbocycles. The lowest BCUT2D eigenvalue weighted by Gasteiger charge is -2.24. The molecule has 0 bridgehead atoms. The summed E-state index contributed by atoms with van der Waals surface area (Å²) in [6.45, 7) is 7.92. The van der Waals surface area contributed by atoms with Crippen molar-refractivity contribution in [1.82, 2.24) is 9.97 Å². The van der Waals surface area contributed by atoms with Gasteiger partial charge in [-0.1, -0.05) is 37.6 Å². The van der Waals surface area contributed by atoms with Gasteiger partial charge in [0.1, 0.15) is 17.2 Å². The van der Waals surface area contributed by atoms with Gasteiger partial charge in [0, 0.05) is 17.4 Å². The molecule has 156 valence electrons. The molecule has 7 heteroatoms. The fourth-order valence-electron chi connectivity index (χ4n) is 2.81. The molecule has 0 unspecified atom stereocenters. The molecule has 7 nitrogen and oxygen atoms in total. The van der Waals surface area contributed by atoms with Crippen molar-refractivity contribution >= 4 is 34.9 Å². The maximum absolute atomic E-state index is 12.0. The van der Waals surface area contributed by atoms with Crippen molar-refractivity contribution in [3.05, 3.63) is 68.6 Å². The molecule has 3 aromatic rings. The number of rotatable bonds is 8. The van der Waals surface area contributed by atoms with Crippen LogP contribution in [0, 0.1) is 0 Å². The van der Waals surface area contributed by atoms with Crippen LogP contribution in [0.3, 0.4) is 0 Å². The number of anilines is 5. The predicted octanol–water partition coefficient (Wildman–Crippen LogP) is 4.58. The van der Waals surface area contributed by atoms with Crippen molar-refractivity contribution in [3.63, 3.8) is 0 Å². The summed E-state index contributed by atoms with van der Waals surface area (Å²) in [5, 5.41) is 9.16. The monoisotopic (exact) mass is 405 g/mol. The lowest BCUT2D eigenvalue weighted by Crippen LogP contribution is -2.41. The molecule has 0 radical (unpaired) electrons. The van der Waals surface area contributed by atoms with Gasteiger partial charge in [-0.25, -0.2) is 4.98 Å². The van der Waals surface area contributed by atoms with E-state index in [9.17, 15) is 9.59 Å². The van der Waals surface area contributed by atoms with Crippen LogP contribution < -0.4 is 26.8 Å². The number of nitrogens with zero attached hydrogens (tertiary/aromatic N) is 2. The summed E-state index contributed by atoms with van der Waals surface area (Å²) in [4.78, 5) is 32.5. The molecular formula is C23H27N5O2. The van der Waals surface area contributed by atoms with Crippen LogP contribution in [0.5, 0.6) is 0 Å². The molecule has 30 heavy (non-hydrogen) atoms. The first-order valence-corrected chi connectivity index (χ1v) is 10.0. The fraction of sp³-hybridized carbons (Fsp3) is 0.304. The van der Waals surface area contributed by atoms with Crippen molar-refractivity contribution in [3.8, 4) is 0 Å². The summed E-state index contributed by atoms with van der Waals surface area (Å²) in [5.41, 5.74) is 1.08. The predicted molar refractivity (Wildman–Crippen MR) is 124 cm³/mol. The van der Waals surface area contributed by atoms with Crippen molar-refractivity contribution in [2.75, 3.05) is 16.0 Å². The molecule has 0 fully saturated rings. The number of hydrogen-bond donors (Lipinski definition) is 3. The first-order chi connectivity index (χ1) is 14.3. The number of aromatic nitrogens is 2. The highest BCUT2D eigenvalue weighted by molar-refractivity contribution is 5.78. The van der Waals surface area contributed by atoms with Crippen LogP contribution in [-0.2, 0) is 0 Å². The summed E-state index contributed by atoms with van der Waals surface area (Å²) in [7, 11) is 0. The second-order valence-corrected chi connectivity index (χ2v) is 8.11. The van der Waals surface area contributed by atoms with E-state index in [4.69, 9.17) is 0 Å². The Kier molecular flexibility index (Phi) is 6.30. The van der Waals surface area contributed by atoms with Crippen molar-refractivity contribution in [2.24, 2.45) is 0 Å². The minimum atomic E-state index is -0.554. The Morgan fingerprint density at radius 1 is 0.967 bits per heavy atom. The van der Waals surface area contributed by atoms with Gasteiger partial charge in [-0.15, -0.1) is 0 Å². The Morgan fingerprint density at radius 2 is 1.67 bits per heavy atom. The third kappa shape index (κ3) is 5.31. The smallest absolute Gasteiger partial charge is 0.253 e. The van der Waals surface area contributed by atoms with Crippen molar-refractivity contribution in [1.29, 1.82) is 0 Å². The van der Waals surface area contributed by atoms with Gasteiger partial charge in [0.15, 0.2) is 0 Å². The van der Waals surface area contributed by atoms with Gasteiger partial charge in [-0.3, -0.25) is 9.59 Å². The number of benzene rings is 1. The molecular weight excluding hydrogens is 378 g/mol. The van der Waals surface area contributed by atoms with Gasteiger partial charge in [-0.2, -0.15) is 4.98 Å². The Balaban J connectivity index is 1.71. The zero-order chi connectivity index (χ0) is 21.7. The molecule has 0 spiro atoms. The Labute approximate surface area is 176 Å². The molecule has 0 amide bonds. The van der Waals surface area contributed by atoms with Crippen LogP contribution >= 0.6 is 0 Å². The molecule has 2 aromatic carbocycles. The molecule has 3 N–H and O–H groups in total. The number of allylic oxidation sites excluding steroid dienone is 1. The van der Waals surface area contributed by atoms with Crippen LogP contribution in [0.1, 0.15) is 46.1 Å². The van der Waals surface area contributed by atoms with Crippen LogP contribution in [0.2, 0.25) is 0 Å².